The molecule has 1 aromatic carbocycles. The first-order chi connectivity index (χ1) is 13.2. The van der Waals surface area contributed by atoms with Gasteiger partial charge in [-0.1, -0.05) is 37.3 Å². The summed E-state index contributed by atoms with van der Waals surface area (Å²) in [4.78, 5) is 19.2. The van der Waals surface area contributed by atoms with Gasteiger partial charge in [-0.3, -0.25) is 4.79 Å². The predicted molar refractivity (Wildman–Crippen MR) is 106 cm³/mol. The van der Waals surface area contributed by atoms with Crippen LogP contribution in [0, 0.1) is 17.2 Å². The number of nitrogens with zero attached hydrogens (tertiary/aromatic N) is 3. The monoisotopic (exact) mass is 362 g/mol. The second kappa shape index (κ2) is 9.18. The van der Waals surface area contributed by atoms with E-state index >= 15 is 0 Å². The van der Waals surface area contributed by atoms with E-state index in [2.05, 4.69) is 28.2 Å². The van der Waals surface area contributed by atoms with Crippen molar-refractivity contribution in [3.8, 4) is 6.07 Å². The lowest BCUT2D eigenvalue weighted by Gasteiger charge is -2.33. The molecule has 1 aliphatic heterocycles. The maximum absolute atomic E-state index is 12.6. The highest BCUT2D eigenvalue weighted by Gasteiger charge is 2.24. The number of benzene rings is 1. The Hall–Kier alpha value is -2.87. The van der Waals surface area contributed by atoms with Crippen LogP contribution in [0.25, 0.3) is 0 Å². The smallest absolute Gasteiger partial charge is 0.227 e. The SMILES string of the molecule is CCC(C(=O)NCC1CCN(c2ncccc2C#N)CC1)c1ccccc1. The summed E-state index contributed by atoms with van der Waals surface area (Å²) in [6.45, 7) is 4.49. The van der Waals surface area contributed by atoms with Crippen LogP contribution < -0.4 is 10.2 Å². The van der Waals surface area contributed by atoms with Gasteiger partial charge < -0.3 is 10.2 Å². The highest BCUT2D eigenvalue weighted by Crippen LogP contribution is 2.24. The first-order valence-electron chi connectivity index (χ1n) is 9.65. The number of carbonyl (C=O) groups excluding carboxylic acids is 1. The van der Waals surface area contributed by atoms with Gasteiger partial charge in [-0.15, -0.1) is 0 Å². The molecule has 0 bridgehead atoms. The Balaban J connectivity index is 1.51. The van der Waals surface area contributed by atoms with E-state index in [9.17, 15) is 10.1 Å². The van der Waals surface area contributed by atoms with Crippen LogP contribution in [-0.2, 0) is 4.79 Å². The molecule has 27 heavy (non-hydrogen) atoms. The van der Waals surface area contributed by atoms with Crippen molar-refractivity contribution in [1.29, 1.82) is 5.26 Å². The van der Waals surface area contributed by atoms with Gasteiger partial charge in [0.1, 0.15) is 11.9 Å². The molecule has 1 aliphatic rings. The van der Waals surface area contributed by atoms with Crippen molar-refractivity contribution in [3.63, 3.8) is 0 Å². The number of anilines is 1. The van der Waals surface area contributed by atoms with Crippen molar-refractivity contribution >= 4 is 11.7 Å². The van der Waals surface area contributed by atoms with E-state index in [0.717, 1.165) is 43.7 Å². The molecular weight excluding hydrogens is 336 g/mol. The third kappa shape index (κ3) is 4.65. The number of aromatic nitrogens is 1. The first-order valence-corrected chi connectivity index (χ1v) is 9.65. The minimum absolute atomic E-state index is 0.0852. The van der Waals surface area contributed by atoms with Crippen LogP contribution in [0.2, 0.25) is 0 Å². The van der Waals surface area contributed by atoms with Gasteiger partial charge in [0.15, 0.2) is 0 Å². The number of carbonyl (C=O) groups is 1. The lowest BCUT2D eigenvalue weighted by molar-refractivity contribution is -0.122. The van der Waals surface area contributed by atoms with Crippen LogP contribution in [0.1, 0.15) is 43.2 Å². The fourth-order valence-corrected chi connectivity index (χ4v) is 3.71. The standard InChI is InChI=1S/C22H26N4O/c1-2-20(18-7-4-3-5-8-18)22(27)25-16-17-10-13-26(14-11-17)21-19(15-23)9-6-12-24-21/h3-9,12,17,20H,2,10-11,13-14,16H2,1H3,(H,25,27). The second-order valence-corrected chi connectivity index (χ2v) is 7.03. The molecule has 1 aromatic heterocycles. The van der Waals surface area contributed by atoms with Gasteiger partial charge in [0.2, 0.25) is 5.91 Å². The number of pyridine rings is 1. The summed E-state index contributed by atoms with van der Waals surface area (Å²) >= 11 is 0. The summed E-state index contributed by atoms with van der Waals surface area (Å²) in [5, 5.41) is 12.4. The summed E-state index contributed by atoms with van der Waals surface area (Å²) in [6.07, 6.45) is 4.51. The van der Waals surface area contributed by atoms with Crippen molar-refractivity contribution in [1.82, 2.24) is 10.3 Å². The third-order valence-electron chi connectivity index (χ3n) is 5.31. The molecule has 0 saturated carbocycles. The van der Waals surface area contributed by atoms with Gasteiger partial charge in [0, 0.05) is 25.8 Å². The highest BCUT2D eigenvalue weighted by atomic mass is 16.1. The molecule has 5 nitrogen and oxygen atoms in total. The summed E-state index contributed by atoms with van der Waals surface area (Å²) in [5.74, 6) is 1.27. The van der Waals surface area contributed by atoms with E-state index in [-0.39, 0.29) is 11.8 Å². The van der Waals surface area contributed by atoms with Crippen LogP contribution in [-0.4, -0.2) is 30.5 Å². The lowest BCUT2D eigenvalue weighted by Crippen LogP contribution is -2.40. The molecule has 5 heteroatoms. The quantitative estimate of drug-likeness (QED) is 0.854. The summed E-state index contributed by atoms with van der Waals surface area (Å²) in [5.41, 5.74) is 1.70. The normalized spacial score (nSPS) is 15.8. The summed E-state index contributed by atoms with van der Waals surface area (Å²) in [6, 6.07) is 15.8. The lowest BCUT2D eigenvalue weighted by atomic mass is 9.94. The van der Waals surface area contributed by atoms with Crippen LogP contribution in [0.5, 0.6) is 0 Å². The fraction of sp³-hybridized carbons (Fsp3) is 0.409. The van der Waals surface area contributed by atoms with Crippen LogP contribution in [0.3, 0.4) is 0 Å². The zero-order valence-corrected chi connectivity index (χ0v) is 15.8. The van der Waals surface area contributed by atoms with Gasteiger partial charge in [-0.25, -0.2) is 4.98 Å². The zero-order valence-electron chi connectivity index (χ0n) is 15.8. The Labute approximate surface area is 161 Å². The van der Waals surface area contributed by atoms with Gasteiger partial charge in [-0.05, 0) is 42.9 Å². The molecule has 1 saturated heterocycles. The van der Waals surface area contributed by atoms with E-state index in [0.29, 0.717) is 18.0 Å². The molecule has 3 rings (SSSR count). The van der Waals surface area contributed by atoms with Crippen LogP contribution in [0.15, 0.2) is 48.7 Å². The minimum atomic E-state index is -0.0852. The molecule has 140 valence electrons. The summed E-state index contributed by atoms with van der Waals surface area (Å²) < 4.78 is 0. The summed E-state index contributed by atoms with van der Waals surface area (Å²) in [7, 11) is 0. The largest absolute Gasteiger partial charge is 0.356 e. The van der Waals surface area contributed by atoms with E-state index in [1.807, 2.05) is 36.4 Å². The van der Waals surface area contributed by atoms with Gasteiger partial charge >= 0.3 is 0 Å². The van der Waals surface area contributed by atoms with Crippen LogP contribution >= 0.6 is 0 Å². The third-order valence-corrected chi connectivity index (χ3v) is 5.31. The molecule has 2 aromatic rings. The maximum atomic E-state index is 12.6. The molecule has 1 fully saturated rings. The Morgan fingerprint density at radius 2 is 2.00 bits per heavy atom. The van der Waals surface area contributed by atoms with E-state index in [1.165, 1.54) is 0 Å². The second-order valence-electron chi connectivity index (χ2n) is 7.03. The number of piperidine rings is 1. The molecule has 1 unspecified atom stereocenters. The topological polar surface area (TPSA) is 69.0 Å². The highest BCUT2D eigenvalue weighted by molar-refractivity contribution is 5.83. The van der Waals surface area contributed by atoms with Crippen molar-refractivity contribution < 1.29 is 4.79 Å². The number of nitrogens with one attached hydrogen (secondary N) is 1. The predicted octanol–water partition coefficient (Wildman–Crippen LogP) is 3.48. The van der Waals surface area contributed by atoms with Crippen molar-refractivity contribution in [3.05, 3.63) is 59.8 Å². The molecule has 0 aliphatic carbocycles. The Bertz CT molecular complexity index is 791. The van der Waals surface area contributed by atoms with Crippen molar-refractivity contribution in [2.24, 2.45) is 5.92 Å². The van der Waals surface area contributed by atoms with E-state index in [1.54, 1.807) is 12.3 Å². The average molecular weight is 362 g/mol. The number of rotatable bonds is 6. The van der Waals surface area contributed by atoms with E-state index in [4.69, 9.17) is 0 Å². The molecule has 1 atom stereocenters. The van der Waals surface area contributed by atoms with Crippen molar-refractivity contribution in [2.75, 3.05) is 24.5 Å². The molecule has 2 heterocycles. The van der Waals surface area contributed by atoms with Gasteiger partial charge in [0.25, 0.3) is 0 Å². The number of hydrogen-bond donors (Lipinski definition) is 1. The van der Waals surface area contributed by atoms with Gasteiger partial charge in [0.05, 0.1) is 11.5 Å². The number of amides is 1. The Morgan fingerprint density at radius 1 is 1.26 bits per heavy atom. The Kier molecular flexibility index (Phi) is 6.43. The fourth-order valence-electron chi connectivity index (χ4n) is 3.71. The molecule has 1 N–H and O–H groups in total. The number of hydrogen-bond acceptors (Lipinski definition) is 4. The van der Waals surface area contributed by atoms with E-state index < -0.39 is 0 Å². The number of nitriles is 1. The van der Waals surface area contributed by atoms with Gasteiger partial charge in [-0.2, -0.15) is 5.26 Å². The zero-order chi connectivity index (χ0) is 19.1. The molecule has 1 amide bonds. The maximum Gasteiger partial charge on any atom is 0.227 e. The Morgan fingerprint density at radius 3 is 2.67 bits per heavy atom. The molecule has 0 spiro atoms. The molecule has 0 radical (unpaired) electrons. The average Bonchev–Trinajstić information content (AvgIpc) is 2.74. The molecular formula is C22H26N4O. The van der Waals surface area contributed by atoms with Crippen molar-refractivity contribution in [2.45, 2.75) is 32.1 Å². The van der Waals surface area contributed by atoms with Crippen LogP contribution in [0.4, 0.5) is 5.82 Å². The minimum Gasteiger partial charge on any atom is -0.356 e. The first kappa shape index (κ1) is 18.9.